The number of amides is 1. The van der Waals surface area contributed by atoms with Gasteiger partial charge in [0.05, 0.1) is 31.0 Å². The van der Waals surface area contributed by atoms with Crippen LogP contribution < -0.4 is 9.64 Å². The maximum absolute atomic E-state index is 14.1. The molecule has 0 spiro atoms. The number of carbonyl (C=O) groups is 1. The minimum absolute atomic E-state index is 0.148. The fourth-order valence-electron chi connectivity index (χ4n) is 3.16. The van der Waals surface area contributed by atoms with Crippen molar-refractivity contribution in [2.75, 3.05) is 12.0 Å². The molecule has 0 saturated carbocycles. The first-order chi connectivity index (χ1) is 14.0. The first-order valence-corrected chi connectivity index (χ1v) is 9.88. The van der Waals surface area contributed by atoms with Crippen molar-refractivity contribution in [2.24, 2.45) is 0 Å². The van der Waals surface area contributed by atoms with Gasteiger partial charge in [-0.15, -0.1) is 0 Å². The number of fused-ring (bicyclic) bond motifs is 1. The lowest BCUT2D eigenvalue weighted by atomic mass is 10.1. The van der Waals surface area contributed by atoms with Gasteiger partial charge in [0.25, 0.3) is 0 Å². The van der Waals surface area contributed by atoms with Crippen LogP contribution in [0.3, 0.4) is 0 Å². The number of halogens is 1. The second-order valence-electron chi connectivity index (χ2n) is 6.62. The van der Waals surface area contributed by atoms with Crippen LogP contribution in [0.2, 0.25) is 0 Å². The number of aryl methyl sites for hydroxylation is 1. The molecular formula is C22H19FN2O3S. The molecule has 2 aromatic heterocycles. The monoisotopic (exact) mass is 410 g/mol. The van der Waals surface area contributed by atoms with Gasteiger partial charge in [0.15, 0.2) is 5.13 Å². The van der Waals surface area contributed by atoms with Gasteiger partial charge in [-0.3, -0.25) is 9.69 Å². The van der Waals surface area contributed by atoms with Gasteiger partial charge >= 0.3 is 0 Å². The summed E-state index contributed by atoms with van der Waals surface area (Å²) >= 11 is 1.28. The highest BCUT2D eigenvalue weighted by atomic mass is 32.1. The predicted molar refractivity (Wildman–Crippen MR) is 111 cm³/mol. The highest BCUT2D eigenvalue weighted by Crippen LogP contribution is 2.32. The largest absolute Gasteiger partial charge is 0.496 e. The van der Waals surface area contributed by atoms with Gasteiger partial charge in [0, 0.05) is 0 Å². The number of hydrogen-bond acceptors (Lipinski definition) is 5. The lowest BCUT2D eigenvalue weighted by Gasteiger charge is -2.19. The average Bonchev–Trinajstić information content (AvgIpc) is 3.36. The third-order valence-electron chi connectivity index (χ3n) is 4.60. The number of anilines is 1. The van der Waals surface area contributed by atoms with Crippen molar-refractivity contribution in [2.45, 2.75) is 19.9 Å². The lowest BCUT2D eigenvalue weighted by molar-refractivity contribution is -0.118. The third-order valence-corrected chi connectivity index (χ3v) is 5.64. The maximum Gasteiger partial charge on any atom is 0.233 e. The molecule has 148 valence electrons. The number of rotatable bonds is 6. The number of hydrogen-bond donors (Lipinski definition) is 0. The molecule has 0 radical (unpaired) electrons. The molecule has 0 bridgehead atoms. The summed E-state index contributed by atoms with van der Waals surface area (Å²) < 4.78 is 25.5. The molecule has 2 heterocycles. The fourth-order valence-corrected chi connectivity index (χ4v) is 4.16. The minimum atomic E-state index is -0.402. The molecule has 5 nitrogen and oxygen atoms in total. The van der Waals surface area contributed by atoms with Gasteiger partial charge in [0.1, 0.15) is 22.8 Å². The first kappa shape index (κ1) is 19.1. The SMILES string of the molecule is COc1ccc(CC(=O)N(Cc2ccco2)c2nc3c(F)cccc3s2)cc1C. The first-order valence-electron chi connectivity index (χ1n) is 9.06. The molecule has 0 fully saturated rings. The zero-order valence-corrected chi connectivity index (χ0v) is 16.8. The third kappa shape index (κ3) is 4.00. The highest BCUT2D eigenvalue weighted by Gasteiger charge is 2.22. The number of para-hydroxylation sites is 1. The molecule has 4 aromatic rings. The van der Waals surface area contributed by atoms with Gasteiger partial charge < -0.3 is 9.15 Å². The van der Waals surface area contributed by atoms with E-state index in [1.165, 1.54) is 17.4 Å². The summed E-state index contributed by atoms with van der Waals surface area (Å²) in [5.41, 5.74) is 2.09. The van der Waals surface area contributed by atoms with Gasteiger partial charge in [-0.1, -0.05) is 29.5 Å². The molecule has 29 heavy (non-hydrogen) atoms. The Kier molecular flexibility index (Phi) is 5.31. The molecule has 0 unspecified atom stereocenters. The summed E-state index contributed by atoms with van der Waals surface area (Å²) in [6.07, 6.45) is 1.74. The molecule has 7 heteroatoms. The number of benzene rings is 2. The van der Waals surface area contributed by atoms with Crippen molar-refractivity contribution >= 4 is 32.6 Å². The second kappa shape index (κ2) is 8.05. The van der Waals surface area contributed by atoms with E-state index in [-0.39, 0.29) is 24.4 Å². The van der Waals surface area contributed by atoms with E-state index < -0.39 is 5.82 Å². The summed E-state index contributed by atoms with van der Waals surface area (Å²) in [6.45, 7) is 2.16. The standard InChI is InChI=1S/C22H19FN2O3S/c1-14-11-15(8-9-18(14)27-2)12-20(26)25(13-16-5-4-10-28-16)22-24-21-17(23)6-3-7-19(21)29-22/h3-11H,12-13H2,1-2H3. The van der Waals surface area contributed by atoms with Crippen molar-refractivity contribution in [1.82, 2.24) is 4.98 Å². The Labute approximate surface area is 171 Å². The number of nitrogens with zero attached hydrogens (tertiary/aromatic N) is 2. The van der Waals surface area contributed by atoms with Crippen molar-refractivity contribution in [3.05, 3.63) is 77.5 Å². The number of thiazole rings is 1. The van der Waals surface area contributed by atoms with Gasteiger partial charge in [-0.25, -0.2) is 9.37 Å². The Morgan fingerprint density at radius 1 is 1.24 bits per heavy atom. The van der Waals surface area contributed by atoms with Crippen LogP contribution in [0, 0.1) is 12.7 Å². The van der Waals surface area contributed by atoms with Crippen LogP contribution >= 0.6 is 11.3 Å². The van der Waals surface area contributed by atoms with E-state index >= 15 is 0 Å². The molecule has 0 aliphatic rings. The molecular weight excluding hydrogens is 391 g/mol. The van der Waals surface area contributed by atoms with E-state index in [4.69, 9.17) is 9.15 Å². The minimum Gasteiger partial charge on any atom is -0.496 e. The van der Waals surface area contributed by atoms with Crippen LogP contribution in [0.15, 0.2) is 59.2 Å². The molecule has 0 saturated heterocycles. The highest BCUT2D eigenvalue weighted by molar-refractivity contribution is 7.22. The Morgan fingerprint density at radius 2 is 2.10 bits per heavy atom. The van der Waals surface area contributed by atoms with E-state index in [0.717, 1.165) is 16.9 Å². The molecule has 0 aliphatic carbocycles. The normalized spacial score (nSPS) is 11.0. The quantitative estimate of drug-likeness (QED) is 0.443. The van der Waals surface area contributed by atoms with Crippen LogP contribution in [0.4, 0.5) is 9.52 Å². The van der Waals surface area contributed by atoms with E-state index in [2.05, 4.69) is 4.98 Å². The Hall–Kier alpha value is -3.19. The molecule has 1 amide bonds. The van der Waals surface area contributed by atoms with Gasteiger partial charge in [-0.05, 0) is 48.4 Å². The summed E-state index contributed by atoms with van der Waals surface area (Å²) in [7, 11) is 1.62. The smallest absolute Gasteiger partial charge is 0.233 e. The van der Waals surface area contributed by atoms with Gasteiger partial charge in [0.2, 0.25) is 5.91 Å². The van der Waals surface area contributed by atoms with E-state index in [9.17, 15) is 9.18 Å². The Bertz CT molecular complexity index is 1150. The molecule has 2 aromatic carbocycles. The van der Waals surface area contributed by atoms with Crippen LogP contribution in [0.25, 0.3) is 10.2 Å². The predicted octanol–water partition coefficient (Wildman–Crippen LogP) is 5.12. The van der Waals surface area contributed by atoms with Crippen molar-refractivity contribution in [1.29, 1.82) is 0 Å². The van der Waals surface area contributed by atoms with Crippen molar-refractivity contribution < 1.29 is 18.3 Å². The molecule has 0 atom stereocenters. The van der Waals surface area contributed by atoms with Crippen LogP contribution in [0.5, 0.6) is 5.75 Å². The van der Waals surface area contributed by atoms with Crippen molar-refractivity contribution in [3.8, 4) is 5.75 Å². The Morgan fingerprint density at radius 3 is 2.79 bits per heavy atom. The zero-order valence-electron chi connectivity index (χ0n) is 16.0. The second-order valence-corrected chi connectivity index (χ2v) is 7.63. The van der Waals surface area contributed by atoms with Crippen LogP contribution in [0.1, 0.15) is 16.9 Å². The number of aromatic nitrogens is 1. The number of methoxy groups -OCH3 is 1. The average molecular weight is 410 g/mol. The van der Waals surface area contributed by atoms with E-state index in [1.807, 2.05) is 25.1 Å². The molecule has 4 rings (SSSR count). The van der Waals surface area contributed by atoms with E-state index in [0.29, 0.717) is 15.6 Å². The number of ether oxygens (including phenoxy) is 1. The molecule has 0 N–H and O–H groups in total. The molecule has 0 aliphatic heterocycles. The van der Waals surface area contributed by atoms with Crippen molar-refractivity contribution in [3.63, 3.8) is 0 Å². The fraction of sp³-hybridized carbons (Fsp3) is 0.182. The summed E-state index contributed by atoms with van der Waals surface area (Å²) in [6, 6.07) is 14.0. The van der Waals surface area contributed by atoms with Crippen LogP contribution in [-0.4, -0.2) is 18.0 Å². The van der Waals surface area contributed by atoms with Crippen LogP contribution in [-0.2, 0) is 17.8 Å². The maximum atomic E-state index is 14.1. The lowest BCUT2D eigenvalue weighted by Crippen LogP contribution is -2.31. The van der Waals surface area contributed by atoms with Gasteiger partial charge in [-0.2, -0.15) is 0 Å². The summed E-state index contributed by atoms with van der Waals surface area (Å²) in [5, 5.41) is 0.441. The topological polar surface area (TPSA) is 55.6 Å². The van der Waals surface area contributed by atoms with E-state index in [1.54, 1.807) is 42.5 Å². The zero-order chi connectivity index (χ0) is 20.4. The number of furan rings is 1. The summed E-state index contributed by atoms with van der Waals surface area (Å²) in [4.78, 5) is 19.1. The Balaban J connectivity index is 1.66. The summed E-state index contributed by atoms with van der Waals surface area (Å²) in [5.74, 6) is 0.853. The number of carbonyl (C=O) groups excluding carboxylic acids is 1.